The highest BCUT2D eigenvalue weighted by Gasteiger charge is 2.75. The van der Waals surface area contributed by atoms with Gasteiger partial charge < -0.3 is 4.74 Å². The number of ether oxygens (including phenoxy) is 1. The Kier molecular flexibility index (Phi) is 4.13. The van der Waals surface area contributed by atoms with Gasteiger partial charge in [-0.1, -0.05) is 36.8 Å². The van der Waals surface area contributed by atoms with Gasteiger partial charge in [0.15, 0.2) is 11.6 Å². The molecule has 0 amide bonds. The lowest BCUT2D eigenvalue weighted by Gasteiger charge is -2.54. The van der Waals surface area contributed by atoms with Gasteiger partial charge >= 0.3 is 0 Å². The number of carbonyl (C=O) groups is 2. The van der Waals surface area contributed by atoms with Crippen LogP contribution in [0.2, 0.25) is 0 Å². The van der Waals surface area contributed by atoms with E-state index in [4.69, 9.17) is 4.74 Å². The van der Waals surface area contributed by atoms with Crippen molar-refractivity contribution in [3.05, 3.63) is 58.2 Å². The fraction of sp³-hybridized carbons (Fsp3) is 0.571. The monoisotopic (exact) mass is 416 g/mol. The maximum atomic E-state index is 12.1. The van der Waals surface area contributed by atoms with Crippen molar-refractivity contribution >= 4 is 11.6 Å². The molecule has 3 nitrogen and oxygen atoms in total. The number of allylic oxidation sites excluding steroid dienone is 4. The highest BCUT2D eigenvalue weighted by molar-refractivity contribution is 5.94. The van der Waals surface area contributed by atoms with Crippen molar-refractivity contribution in [2.24, 2.45) is 23.2 Å². The molecular weight excluding hydrogens is 384 g/mol. The zero-order valence-corrected chi connectivity index (χ0v) is 18.9. The molecule has 5 aliphatic rings. The van der Waals surface area contributed by atoms with E-state index in [1.165, 1.54) is 29.6 Å². The van der Waals surface area contributed by atoms with Gasteiger partial charge in [0, 0.05) is 30.4 Å². The molecule has 6 rings (SSSR count). The molecule has 3 fully saturated rings. The number of ketones is 2. The molecule has 0 radical (unpaired) electrons. The van der Waals surface area contributed by atoms with Gasteiger partial charge in [-0.15, -0.1) is 0 Å². The van der Waals surface area contributed by atoms with Crippen LogP contribution in [0.25, 0.3) is 0 Å². The Morgan fingerprint density at radius 2 is 1.87 bits per heavy atom. The molecule has 0 spiro atoms. The summed E-state index contributed by atoms with van der Waals surface area (Å²) in [6.45, 7) is 4.13. The first kappa shape index (κ1) is 19.7. The number of carbonyl (C=O) groups excluding carboxylic acids is 2. The van der Waals surface area contributed by atoms with Gasteiger partial charge in [0.05, 0.1) is 5.60 Å². The van der Waals surface area contributed by atoms with Crippen molar-refractivity contribution in [2.45, 2.75) is 70.3 Å². The molecule has 0 aromatic heterocycles. The molecule has 1 aromatic carbocycles. The molecule has 1 unspecified atom stereocenters. The average Bonchev–Trinajstić information content (AvgIpc) is 3.44. The van der Waals surface area contributed by atoms with E-state index >= 15 is 0 Å². The lowest BCUT2D eigenvalue weighted by atomic mass is 9.51. The van der Waals surface area contributed by atoms with Gasteiger partial charge in [-0.2, -0.15) is 0 Å². The Morgan fingerprint density at radius 1 is 1.10 bits per heavy atom. The molecule has 0 aliphatic heterocycles. The van der Waals surface area contributed by atoms with Crippen LogP contribution >= 0.6 is 0 Å². The normalized spacial score (nSPS) is 40.5. The van der Waals surface area contributed by atoms with E-state index in [9.17, 15) is 9.59 Å². The maximum Gasteiger partial charge on any atom is 0.159 e. The highest BCUT2D eigenvalue weighted by atomic mass is 16.5. The predicted octanol–water partition coefficient (Wildman–Crippen LogP) is 5.80. The molecular formula is C28H32O3. The van der Waals surface area contributed by atoms with Crippen LogP contribution in [0, 0.1) is 23.2 Å². The Hall–Kier alpha value is -2.00. The van der Waals surface area contributed by atoms with Crippen LogP contribution in [0.1, 0.15) is 80.6 Å². The summed E-state index contributed by atoms with van der Waals surface area (Å²) in [5.74, 6) is 2.75. The summed E-state index contributed by atoms with van der Waals surface area (Å²) in [5, 5.41) is 0. The lowest BCUT2D eigenvalue weighted by Crippen LogP contribution is -2.48. The summed E-state index contributed by atoms with van der Waals surface area (Å²) >= 11 is 0. The largest absolute Gasteiger partial charge is 0.377 e. The molecule has 5 aliphatic carbocycles. The number of fused-ring (bicyclic) bond motifs is 6. The van der Waals surface area contributed by atoms with Gasteiger partial charge in [-0.05, 0) is 86.0 Å². The molecule has 1 aromatic rings. The lowest BCUT2D eigenvalue weighted by molar-refractivity contribution is -0.114. The van der Waals surface area contributed by atoms with Crippen molar-refractivity contribution in [1.29, 1.82) is 0 Å². The number of hydrogen-bond donors (Lipinski definition) is 0. The van der Waals surface area contributed by atoms with E-state index in [0.29, 0.717) is 35.9 Å². The zero-order chi connectivity index (χ0) is 21.5. The summed E-state index contributed by atoms with van der Waals surface area (Å²) in [6, 6.07) is 8.36. The first-order chi connectivity index (χ1) is 14.9. The average molecular weight is 417 g/mol. The molecule has 0 N–H and O–H groups in total. The molecule has 3 saturated carbocycles. The number of Topliss-reactive ketones (excluding diaryl/α,β-unsaturated/α-hetero) is 1. The minimum atomic E-state index is 0.0596. The third-order valence-corrected chi connectivity index (χ3v) is 9.76. The fourth-order valence-electron chi connectivity index (χ4n) is 8.25. The molecule has 3 heteroatoms. The van der Waals surface area contributed by atoms with Gasteiger partial charge in [-0.3, -0.25) is 9.59 Å². The first-order valence-electron chi connectivity index (χ1n) is 12.0. The molecule has 31 heavy (non-hydrogen) atoms. The van der Waals surface area contributed by atoms with E-state index in [1.807, 2.05) is 25.3 Å². The van der Waals surface area contributed by atoms with Crippen molar-refractivity contribution in [3.63, 3.8) is 0 Å². The second kappa shape index (κ2) is 6.51. The van der Waals surface area contributed by atoms with E-state index < -0.39 is 0 Å². The van der Waals surface area contributed by atoms with Crippen LogP contribution in [-0.4, -0.2) is 24.3 Å². The van der Waals surface area contributed by atoms with Crippen LogP contribution in [0.3, 0.4) is 0 Å². The van der Waals surface area contributed by atoms with E-state index in [1.54, 1.807) is 12.5 Å². The summed E-state index contributed by atoms with van der Waals surface area (Å²) < 4.78 is 6.26. The molecule has 0 bridgehead atoms. The van der Waals surface area contributed by atoms with Crippen LogP contribution in [0.5, 0.6) is 0 Å². The molecule has 0 heterocycles. The van der Waals surface area contributed by atoms with Gasteiger partial charge in [0.2, 0.25) is 0 Å². The fourth-order valence-corrected chi connectivity index (χ4v) is 8.25. The van der Waals surface area contributed by atoms with Crippen molar-refractivity contribution in [1.82, 2.24) is 0 Å². The third-order valence-electron chi connectivity index (χ3n) is 9.76. The van der Waals surface area contributed by atoms with Crippen molar-refractivity contribution in [3.8, 4) is 0 Å². The highest BCUT2D eigenvalue weighted by Crippen LogP contribution is 2.77. The minimum Gasteiger partial charge on any atom is -0.377 e. The maximum absolute atomic E-state index is 12.1. The Labute approximate surface area is 184 Å². The quantitative estimate of drug-likeness (QED) is 0.585. The third kappa shape index (κ3) is 2.56. The summed E-state index contributed by atoms with van der Waals surface area (Å²) in [5.41, 5.74) is 6.77. The number of rotatable bonds is 3. The summed E-state index contributed by atoms with van der Waals surface area (Å²) in [6.07, 6.45) is 9.31. The van der Waals surface area contributed by atoms with Crippen molar-refractivity contribution < 1.29 is 14.3 Å². The number of benzene rings is 1. The number of hydrogen-bond acceptors (Lipinski definition) is 3. The Balaban J connectivity index is 1.51. The van der Waals surface area contributed by atoms with Gasteiger partial charge in [0.1, 0.15) is 0 Å². The van der Waals surface area contributed by atoms with E-state index in [-0.39, 0.29) is 16.8 Å². The van der Waals surface area contributed by atoms with E-state index in [0.717, 1.165) is 31.2 Å². The molecule has 0 saturated heterocycles. The van der Waals surface area contributed by atoms with Crippen LogP contribution < -0.4 is 0 Å². The minimum absolute atomic E-state index is 0.0596. The Bertz CT molecular complexity index is 1040. The second-order valence-electron chi connectivity index (χ2n) is 10.9. The topological polar surface area (TPSA) is 43.4 Å². The van der Waals surface area contributed by atoms with Crippen LogP contribution in [0.15, 0.2) is 47.1 Å². The SMILES string of the molecule is COC12C[C@@H]1C[C@H]1[C@@H]3CCC4=CC(=O)CCC4=C3[C@@H](c3ccc(C(C)=O)cc3)C[C@@]12C. The second-order valence-corrected chi connectivity index (χ2v) is 10.9. The standard InChI is InChI=1S/C28H32O3/c1-16(29)17-4-6-18(7-5-17)24-15-27(2)25(13-20-14-28(20,27)31-3)23-10-8-19-12-21(30)9-11-22(19)26(23)24/h4-7,12,20,23-25H,8-11,13-15H2,1-3H3/t20-,23-,24+,25-,27-,28?/m0/s1. The molecule has 6 atom stereocenters. The smallest absolute Gasteiger partial charge is 0.159 e. The van der Waals surface area contributed by atoms with E-state index in [2.05, 4.69) is 19.1 Å². The van der Waals surface area contributed by atoms with Gasteiger partial charge in [-0.25, -0.2) is 0 Å². The zero-order valence-electron chi connectivity index (χ0n) is 18.9. The van der Waals surface area contributed by atoms with Crippen LogP contribution in [0.4, 0.5) is 0 Å². The predicted molar refractivity (Wildman–Crippen MR) is 120 cm³/mol. The summed E-state index contributed by atoms with van der Waals surface area (Å²) in [7, 11) is 1.92. The summed E-state index contributed by atoms with van der Waals surface area (Å²) in [4.78, 5) is 24.0. The van der Waals surface area contributed by atoms with Crippen molar-refractivity contribution in [2.75, 3.05) is 7.11 Å². The Morgan fingerprint density at radius 3 is 2.58 bits per heavy atom. The number of methoxy groups -OCH3 is 1. The molecule has 162 valence electrons. The van der Waals surface area contributed by atoms with Crippen LogP contribution in [-0.2, 0) is 9.53 Å². The van der Waals surface area contributed by atoms with Gasteiger partial charge in [0.25, 0.3) is 0 Å². The first-order valence-corrected chi connectivity index (χ1v) is 12.0.